The molecule has 1 amide bonds. The van der Waals surface area contributed by atoms with Crippen LogP contribution in [0.3, 0.4) is 0 Å². The third-order valence-electron chi connectivity index (χ3n) is 5.54. The van der Waals surface area contributed by atoms with Crippen molar-refractivity contribution < 1.29 is 9.53 Å². The van der Waals surface area contributed by atoms with Crippen LogP contribution in [-0.4, -0.2) is 5.91 Å². The molecule has 0 bridgehead atoms. The van der Waals surface area contributed by atoms with Crippen molar-refractivity contribution >= 4 is 38.7 Å². The van der Waals surface area contributed by atoms with E-state index in [-0.39, 0.29) is 11.6 Å². The number of rotatable bonds is 7. The lowest BCUT2D eigenvalue weighted by molar-refractivity contribution is -0.117. The molecule has 0 heterocycles. The Morgan fingerprint density at radius 3 is 2.53 bits per heavy atom. The Morgan fingerprint density at radius 1 is 1.03 bits per heavy atom. The van der Waals surface area contributed by atoms with Gasteiger partial charge in [-0.1, -0.05) is 78.9 Å². The number of halogens is 1. The highest BCUT2D eigenvalue weighted by atomic mass is 79.9. The number of ether oxygens (including phenoxy) is 1. The minimum atomic E-state index is -0.411. The van der Waals surface area contributed by atoms with Crippen molar-refractivity contribution in [3.8, 4) is 11.8 Å². The Bertz CT molecular complexity index is 1390. The molecule has 0 aliphatic carbocycles. The molecule has 4 aromatic carbocycles. The summed E-state index contributed by atoms with van der Waals surface area (Å²) in [6.45, 7) is 2.32. The zero-order chi connectivity index (χ0) is 23.9. The molecule has 4 aromatic rings. The van der Waals surface area contributed by atoms with Gasteiger partial charge in [-0.25, -0.2) is 0 Å². The van der Waals surface area contributed by atoms with Gasteiger partial charge in [0, 0.05) is 0 Å². The normalized spacial score (nSPS) is 12.1. The number of nitrogens with one attached hydrogen (secondary N) is 1. The Hall–Kier alpha value is -3.88. The molecule has 4 rings (SSSR count). The molecular formula is C29H23BrN2O2. The van der Waals surface area contributed by atoms with Crippen LogP contribution in [0, 0.1) is 11.3 Å². The predicted octanol–water partition coefficient (Wildman–Crippen LogP) is 6.97. The zero-order valence-electron chi connectivity index (χ0n) is 18.7. The van der Waals surface area contributed by atoms with Gasteiger partial charge in [0.15, 0.2) is 0 Å². The lowest BCUT2D eigenvalue weighted by Gasteiger charge is -2.14. The van der Waals surface area contributed by atoms with E-state index >= 15 is 0 Å². The molecule has 0 fully saturated rings. The second kappa shape index (κ2) is 10.8. The van der Waals surface area contributed by atoms with Crippen molar-refractivity contribution in [1.29, 1.82) is 5.26 Å². The first-order valence-electron chi connectivity index (χ1n) is 10.9. The van der Waals surface area contributed by atoms with E-state index in [0.29, 0.717) is 12.4 Å². The summed E-state index contributed by atoms with van der Waals surface area (Å²) < 4.78 is 6.80. The smallest absolute Gasteiger partial charge is 0.262 e. The van der Waals surface area contributed by atoms with Crippen molar-refractivity contribution in [2.75, 3.05) is 0 Å². The van der Waals surface area contributed by atoms with Gasteiger partial charge in [-0.15, -0.1) is 0 Å². The number of amides is 1. The topological polar surface area (TPSA) is 62.1 Å². The fourth-order valence-electron chi connectivity index (χ4n) is 3.71. The standard InChI is InChI=1S/C29H23BrN2O2/c1-20(22-8-3-2-4-9-22)32-29(33)25(18-31)16-21-14-15-28(27(30)17-21)34-19-24-12-7-11-23-10-5-6-13-26(23)24/h2-17,20H,19H2,1H3,(H,32,33)/b25-16+/t20-/m0/s1. The Kier molecular flexibility index (Phi) is 7.41. The van der Waals surface area contributed by atoms with Gasteiger partial charge >= 0.3 is 0 Å². The van der Waals surface area contributed by atoms with Gasteiger partial charge < -0.3 is 10.1 Å². The summed E-state index contributed by atoms with van der Waals surface area (Å²) in [5.41, 5.74) is 2.84. The van der Waals surface area contributed by atoms with Crippen LogP contribution in [0.25, 0.3) is 16.8 Å². The van der Waals surface area contributed by atoms with E-state index < -0.39 is 5.91 Å². The van der Waals surface area contributed by atoms with E-state index in [1.807, 2.05) is 79.7 Å². The van der Waals surface area contributed by atoms with E-state index in [1.54, 1.807) is 6.08 Å². The molecule has 34 heavy (non-hydrogen) atoms. The van der Waals surface area contributed by atoms with Crippen LogP contribution in [0.4, 0.5) is 0 Å². The maximum Gasteiger partial charge on any atom is 0.262 e. The van der Waals surface area contributed by atoms with Crippen molar-refractivity contribution in [1.82, 2.24) is 5.32 Å². The second-order valence-electron chi connectivity index (χ2n) is 7.89. The van der Waals surface area contributed by atoms with Gasteiger partial charge in [0.25, 0.3) is 5.91 Å². The zero-order valence-corrected chi connectivity index (χ0v) is 20.2. The summed E-state index contributed by atoms with van der Waals surface area (Å²) in [5, 5.41) is 14.8. The fourth-order valence-corrected chi connectivity index (χ4v) is 4.22. The molecule has 0 radical (unpaired) electrons. The first-order chi connectivity index (χ1) is 16.5. The summed E-state index contributed by atoms with van der Waals surface area (Å²) in [7, 11) is 0. The fraction of sp³-hybridized carbons (Fsp3) is 0.103. The molecule has 5 heteroatoms. The van der Waals surface area contributed by atoms with E-state index in [4.69, 9.17) is 4.74 Å². The van der Waals surface area contributed by atoms with Crippen LogP contribution in [0.5, 0.6) is 5.75 Å². The number of hydrogen-bond donors (Lipinski definition) is 1. The van der Waals surface area contributed by atoms with Gasteiger partial charge in [0.1, 0.15) is 24.0 Å². The SMILES string of the molecule is C[C@H](NC(=O)/C(C#N)=C/c1ccc(OCc2cccc3ccccc23)c(Br)c1)c1ccccc1. The molecular weight excluding hydrogens is 488 g/mol. The summed E-state index contributed by atoms with van der Waals surface area (Å²) in [5.74, 6) is 0.275. The molecule has 168 valence electrons. The quantitative estimate of drug-likeness (QED) is 0.215. The van der Waals surface area contributed by atoms with E-state index in [0.717, 1.165) is 26.5 Å². The molecule has 0 saturated heterocycles. The molecule has 1 atom stereocenters. The Balaban J connectivity index is 1.46. The lowest BCUT2D eigenvalue weighted by atomic mass is 10.1. The van der Waals surface area contributed by atoms with Crippen molar-refractivity contribution in [3.05, 3.63) is 118 Å². The Morgan fingerprint density at radius 2 is 1.76 bits per heavy atom. The van der Waals surface area contributed by atoms with E-state index in [2.05, 4.69) is 45.5 Å². The van der Waals surface area contributed by atoms with E-state index in [9.17, 15) is 10.1 Å². The average molecular weight is 511 g/mol. The maximum absolute atomic E-state index is 12.6. The molecule has 1 N–H and O–H groups in total. The van der Waals surface area contributed by atoms with Crippen LogP contribution in [0.1, 0.15) is 29.7 Å². The van der Waals surface area contributed by atoms with Crippen LogP contribution in [-0.2, 0) is 11.4 Å². The minimum absolute atomic E-state index is 0.0408. The van der Waals surface area contributed by atoms with Gasteiger partial charge in [-0.05, 0) is 68.5 Å². The highest BCUT2D eigenvalue weighted by Crippen LogP contribution is 2.29. The molecule has 0 unspecified atom stereocenters. The van der Waals surface area contributed by atoms with E-state index in [1.165, 1.54) is 5.39 Å². The number of benzene rings is 4. The van der Waals surface area contributed by atoms with Crippen LogP contribution < -0.4 is 10.1 Å². The number of carbonyl (C=O) groups excluding carboxylic acids is 1. The van der Waals surface area contributed by atoms with Gasteiger partial charge in [-0.2, -0.15) is 5.26 Å². The lowest BCUT2D eigenvalue weighted by Crippen LogP contribution is -2.27. The third-order valence-corrected chi connectivity index (χ3v) is 6.16. The number of nitrogens with zero attached hydrogens (tertiary/aromatic N) is 1. The van der Waals surface area contributed by atoms with Gasteiger partial charge in [0.05, 0.1) is 10.5 Å². The predicted molar refractivity (Wildman–Crippen MR) is 139 cm³/mol. The van der Waals surface area contributed by atoms with Crippen molar-refractivity contribution in [3.63, 3.8) is 0 Å². The third kappa shape index (κ3) is 5.54. The average Bonchev–Trinajstić information content (AvgIpc) is 2.87. The molecule has 0 aliphatic heterocycles. The maximum atomic E-state index is 12.6. The molecule has 0 aliphatic rings. The largest absolute Gasteiger partial charge is 0.488 e. The number of carbonyl (C=O) groups is 1. The molecule has 0 spiro atoms. The van der Waals surface area contributed by atoms with Crippen molar-refractivity contribution in [2.24, 2.45) is 0 Å². The summed E-state index contributed by atoms with van der Waals surface area (Å²) in [6.07, 6.45) is 1.58. The second-order valence-corrected chi connectivity index (χ2v) is 8.75. The summed E-state index contributed by atoms with van der Waals surface area (Å²) in [6, 6.07) is 31.3. The van der Waals surface area contributed by atoms with Gasteiger partial charge in [-0.3, -0.25) is 4.79 Å². The number of hydrogen-bond acceptors (Lipinski definition) is 3. The number of fused-ring (bicyclic) bond motifs is 1. The Labute approximate surface area is 207 Å². The molecule has 4 nitrogen and oxygen atoms in total. The summed E-state index contributed by atoms with van der Waals surface area (Å²) in [4.78, 5) is 12.6. The molecule has 0 saturated carbocycles. The first-order valence-corrected chi connectivity index (χ1v) is 11.7. The highest BCUT2D eigenvalue weighted by Gasteiger charge is 2.14. The summed E-state index contributed by atoms with van der Waals surface area (Å²) >= 11 is 3.55. The monoisotopic (exact) mass is 510 g/mol. The van der Waals surface area contributed by atoms with Crippen LogP contribution >= 0.6 is 15.9 Å². The molecule has 0 aromatic heterocycles. The first kappa shape index (κ1) is 23.3. The van der Waals surface area contributed by atoms with Gasteiger partial charge in [0.2, 0.25) is 0 Å². The van der Waals surface area contributed by atoms with Crippen LogP contribution in [0.15, 0.2) is 101 Å². The van der Waals surface area contributed by atoms with Crippen molar-refractivity contribution in [2.45, 2.75) is 19.6 Å². The number of nitriles is 1. The minimum Gasteiger partial charge on any atom is -0.488 e. The highest BCUT2D eigenvalue weighted by molar-refractivity contribution is 9.10. The van der Waals surface area contributed by atoms with Crippen LogP contribution in [0.2, 0.25) is 0 Å².